The number of hydrogen-bond donors (Lipinski definition) is 0. The van der Waals surface area contributed by atoms with Crippen molar-refractivity contribution in [1.29, 1.82) is 5.26 Å². The molecule has 0 fully saturated rings. The molecule has 2 aromatic heterocycles. The molecule has 0 saturated heterocycles. The van der Waals surface area contributed by atoms with Crippen molar-refractivity contribution in [3.8, 4) is 39.7 Å². The molecule has 2 atom stereocenters. The number of para-hydroxylation sites is 2. The van der Waals surface area contributed by atoms with E-state index in [0.717, 1.165) is 47.3 Å². The Bertz CT molecular complexity index is 3360. The summed E-state index contributed by atoms with van der Waals surface area (Å²) in [5, 5.41) is 14.2. The number of nitriles is 1. The Morgan fingerprint density at radius 2 is 1.42 bits per heavy atom. The van der Waals surface area contributed by atoms with Gasteiger partial charge in [-0.05, 0) is 101 Å². The zero-order valence-electron chi connectivity index (χ0n) is 33.4. The number of rotatable bonds is 5. The second-order valence-corrected chi connectivity index (χ2v) is 16.7. The van der Waals surface area contributed by atoms with Gasteiger partial charge in [0.2, 0.25) is 0 Å². The first-order valence-electron chi connectivity index (χ1n) is 21.2. The van der Waals surface area contributed by atoms with Crippen LogP contribution in [0.5, 0.6) is 0 Å². The fraction of sp³-hybridized carbons (Fsp3) is 0.105. The molecule has 2 unspecified atom stereocenters. The molecule has 0 spiro atoms. The molecule has 284 valence electrons. The van der Waals surface area contributed by atoms with Crippen LogP contribution in [-0.4, -0.2) is 9.13 Å². The van der Waals surface area contributed by atoms with E-state index >= 15 is 0 Å². The molecule has 12 rings (SSSR count). The highest BCUT2D eigenvalue weighted by molar-refractivity contribution is 6.16. The van der Waals surface area contributed by atoms with Crippen molar-refractivity contribution in [2.75, 3.05) is 0 Å². The summed E-state index contributed by atoms with van der Waals surface area (Å²) >= 11 is 0. The van der Waals surface area contributed by atoms with E-state index in [4.69, 9.17) is 0 Å². The predicted molar refractivity (Wildman–Crippen MR) is 248 cm³/mol. The van der Waals surface area contributed by atoms with Crippen molar-refractivity contribution in [2.24, 2.45) is 5.92 Å². The molecule has 7 aromatic carbocycles. The maximum absolute atomic E-state index is 10.4. The molecule has 3 aliphatic carbocycles. The van der Waals surface area contributed by atoms with E-state index in [1.165, 1.54) is 71.8 Å². The Labute approximate surface area is 350 Å². The standard InChI is InChI=1S/C57H41N3/c1-37-14-13-17-41(34-37)57(40-15-3-2-4-16-40)49-22-9-5-21-48(49)55-50(57)33-32-47-46-20-8-12-25-53(46)60(56(47)55)54-35-38(36-58)26-31-43(54)39-27-29-42(30-28-39)59-51-23-10-6-18-44(51)45-19-7-11-24-52(45)59/h2-6,8-18,20-33,35,37H,7,19,34H2,1H3. The van der Waals surface area contributed by atoms with Crippen LogP contribution >= 0.6 is 0 Å². The van der Waals surface area contributed by atoms with Crippen molar-refractivity contribution in [2.45, 2.75) is 31.6 Å². The average molecular weight is 768 g/mol. The largest absolute Gasteiger partial charge is 0.310 e. The summed E-state index contributed by atoms with van der Waals surface area (Å²) in [6.07, 6.45) is 14.6. The summed E-state index contributed by atoms with van der Waals surface area (Å²) < 4.78 is 4.87. The third-order valence-electron chi connectivity index (χ3n) is 13.5. The number of allylic oxidation sites excluding steroid dienone is 5. The smallest absolute Gasteiger partial charge is 0.0992 e. The lowest BCUT2D eigenvalue weighted by Gasteiger charge is -2.37. The Kier molecular flexibility index (Phi) is 7.68. The van der Waals surface area contributed by atoms with Gasteiger partial charge < -0.3 is 9.13 Å². The first-order chi connectivity index (χ1) is 29.6. The zero-order valence-corrected chi connectivity index (χ0v) is 33.4. The summed E-state index contributed by atoms with van der Waals surface area (Å²) in [5.74, 6) is 0.428. The SMILES string of the molecule is CC1C=CC=C(C2(c3ccccc3)c3ccccc3-c3c2ccc2c4ccccc4n(-c4cc(C#N)ccc4-c4ccc(-n5c6c(c7ccccc75)CCC=C6)cc4)c32)C1. The number of hydrogen-bond acceptors (Lipinski definition) is 1. The fourth-order valence-corrected chi connectivity index (χ4v) is 11.0. The van der Waals surface area contributed by atoms with Gasteiger partial charge in [0.25, 0.3) is 0 Å². The van der Waals surface area contributed by atoms with Gasteiger partial charge in [0.15, 0.2) is 0 Å². The number of nitrogens with zero attached hydrogens (tertiary/aromatic N) is 3. The van der Waals surface area contributed by atoms with Gasteiger partial charge in [-0.3, -0.25) is 0 Å². The molecule has 3 heteroatoms. The minimum Gasteiger partial charge on any atom is -0.310 e. The van der Waals surface area contributed by atoms with E-state index in [2.05, 4.69) is 204 Å². The highest BCUT2D eigenvalue weighted by Crippen LogP contribution is 2.60. The second kappa shape index (κ2) is 13.3. The molecule has 2 heterocycles. The summed E-state index contributed by atoms with van der Waals surface area (Å²) in [6, 6.07) is 60.3. The van der Waals surface area contributed by atoms with Gasteiger partial charge in [0.1, 0.15) is 0 Å². The molecule has 0 N–H and O–H groups in total. The first kappa shape index (κ1) is 34.6. The van der Waals surface area contributed by atoms with E-state index in [0.29, 0.717) is 11.5 Å². The highest BCUT2D eigenvalue weighted by atomic mass is 15.0. The van der Waals surface area contributed by atoms with Gasteiger partial charge in [-0.15, -0.1) is 0 Å². The van der Waals surface area contributed by atoms with E-state index in [-0.39, 0.29) is 0 Å². The number of benzene rings is 7. The predicted octanol–water partition coefficient (Wildman–Crippen LogP) is 14.1. The number of aryl methyl sites for hydroxylation is 1. The Morgan fingerprint density at radius 1 is 0.667 bits per heavy atom. The quantitative estimate of drug-likeness (QED) is 0.172. The molecule has 0 bridgehead atoms. The highest BCUT2D eigenvalue weighted by Gasteiger charge is 2.48. The van der Waals surface area contributed by atoms with Gasteiger partial charge in [-0.2, -0.15) is 5.26 Å². The van der Waals surface area contributed by atoms with Crippen molar-refractivity contribution in [3.05, 3.63) is 221 Å². The third-order valence-corrected chi connectivity index (χ3v) is 13.5. The summed E-state index contributed by atoms with van der Waals surface area (Å²) in [4.78, 5) is 0. The lowest BCUT2D eigenvalue weighted by molar-refractivity contribution is 0.615. The first-order valence-corrected chi connectivity index (χ1v) is 21.2. The van der Waals surface area contributed by atoms with Crippen LogP contribution in [0.1, 0.15) is 53.3 Å². The van der Waals surface area contributed by atoms with Gasteiger partial charge in [0.05, 0.1) is 39.3 Å². The normalized spacial score (nSPS) is 17.7. The van der Waals surface area contributed by atoms with Gasteiger partial charge in [0, 0.05) is 38.7 Å². The van der Waals surface area contributed by atoms with Crippen molar-refractivity contribution in [3.63, 3.8) is 0 Å². The van der Waals surface area contributed by atoms with Crippen LogP contribution in [0, 0.1) is 17.2 Å². The second-order valence-electron chi connectivity index (χ2n) is 16.7. The molecule has 3 nitrogen and oxygen atoms in total. The summed E-state index contributed by atoms with van der Waals surface area (Å²) in [7, 11) is 0. The zero-order chi connectivity index (χ0) is 40.0. The molecule has 3 aliphatic rings. The topological polar surface area (TPSA) is 33.6 Å². The van der Waals surface area contributed by atoms with Crippen LogP contribution in [0.2, 0.25) is 0 Å². The van der Waals surface area contributed by atoms with Crippen molar-refractivity contribution < 1.29 is 0 Å². The molecule has 60 heavy (non-hydrogen) atoms. The Balaban J connectivity index is 1.13. The maximum atomic E-state index is 10.4. The van der Waals surface area contributed by atoms with Gasteiger partial charge >= 0.3 is 0 Å². The van der Waals surface area contributed by atoms with Crippen molar-refractivity contribution in [1.82, 2.24) is 9.13 Å². The van der Waals surface area contributed by atoms with Crippen LogP contribution in [0.15, 0.2) is 188 Å². The third kappa shape index (κ3) is 4.82. The lowest BCUT2D eigenvalue weighted by Crippen LogP contribution is -2.31. The molecular formula is C57H41N3. The van der Waals surface area contributed by atoms with Gasteiger partial charge in [-0.25, -0.2) is 0 Å². The van der Waals surface area contributed by atoms with Crippen molar-refractivity contribution >= 4 is 38.8 Å². The van der Waals surface area contributed by atoms with E-state index in [9.17, 15) is 5.26 Å². The number of aromatic nitrogens is 2. The van der Waals surface area contributed by atoms with Crippen LogP contribution in [-0.2, 0) is 11.8 Å². The minimum absolute atomic E-state index is 0.428. The van der Waals surface area contributed by atoms with Crippen LogP contribution in [0.3, 0.4) is 0 Å². The fourth-order valence-electron chi connectivity index (χ4n) is 11.0. The summed E-state index contributed by atoms with van der Waals surface area (Å²) in [6.45, 7) is 2.33. The maximum Gasteiger partial charge on any atom is 0.0992 e. The van der Waals surface area contributed by atoms with Crippen LogP contribution in [0.4, 0.5) is 0 Å². The monoisotopic (exact) mass is 767 g/mol. The van der Waals surface area contributed by atoms with E-state index < -0.39 is 5.41 Å². The molecule has 0 amide bonds. The van der Waals surface area contributed by atoms with Crippen LogP contribution < -0.4 is 0 Å². The van der Waals surface area contributed by atoms with Crippen LogP contribution in [0.25, 0.3) is 72.4 Å². The summed E-state index contributed by atoms with van der Waals surface area (Å²) in [5.41, 5.74) is 18.5. The number of fused-ring (bicyclic) bond motifs is 10. The Hall–Kier alpha value is -7.41. The molecule has 0 radical (unpaired) electrons. The van der Waals surface area contributed by atoms with Gasteiger partial charge in [-0.1, -0.05) is 158 Å². The lowest BCUT2D eigenvalue weighted by atomic mass is 9.64. The molecule has 0 aliphatic heterocycles. The molecule has 0 saturated carbocycles. The molecular weight excluding hydrogens is 727 g/mol. The molecule has 9 aromatic rings. The van der Waals surface area contributed by atoms with E-state index in [1.807, 2.05) is 6.07 Å². The minimum atomic E-state index is -0.466. The average Bonchev–Trinajstić information content (AvgIpc) is 3.94. The van der Waals surface area contributed by atoms with E-state index in [1.54, 1.807) is 0 Å². The Morgan fingerprint density at radius 3 is 2.23 bits per heavy atom.